The number of hydrogen-bond acceptors (Lipinski definition) is 7. The number of aliphatic hydroxyl groups is 1. The van der Waals surface area contributed by atoms with Gasteiger partial charge in [0.25, 0.3) is 0 Å². The summed E-state index contributed by atoms with van der Waals surface area (Å²) in [4.78, 5) is 25.1. The number of nitrogens with zero attached hydrogens (tertiary/aromatic N) is 5. The van der Waals surface area contributed by atoms with Crippen LogP contribution >= 0.6 is 0 Å². The summed E-state index contributed by atoms with van der Waals surface area (Å²) < 4.78 is 0. The van der Waals surface area contributed by atoms with E-state index in [1.807, 2.05) is 13.1 Å². The highest BCUT2D eigenvalue weighted by atomic mass is 16.3. The highest BCUT2D eigenvalue weighted by molar-refractivity contribution is 5.92. The van der Waals surface area contributed by atoms with Crippen molar-refractivity contribution in [3.8, 4) is 6.07 Å². The van der Waals surface area contributed by atoms with Crippen molar-refractivity contribution in [3.63, 3.8) is 0 Å². The molecule has 1 aliphatic heterocycles. The lowest BCUT2D eigenvalue weighted by atomic mass is 9.95. The van der Waals surface area contributed by atoms with Gasteiger partial charge in [0.05, 0.1) is 24.4 Å². The first-order valence-electron chi connectivity index (χ1n) is 9.49. The molecule has 28 heavy (non-hydrogen) atoms. The minimum Gasteiger partial charge on any atom is -0.395 e. The second kappa shape index (κ2) is 8.95. The number of benzene rings is 1. The largest absolute Gasteiger partial charge is 0.395 e. The lowest BCUT2D eigenvalue weighted by molar-refractivity contribution is -0.122. The van der Waals surface area contributed by atoms with Crippen molar-refractivity contribution in [2.24, 2.45) is 5.92 Å². The maximum absolute atomic E-state index is 12.3. The number of aliphatic hydroxyl groups excluding tert-OH is 1. The first kappa shape index (κ1) is 20.0. The van der Waals surface area contributed by atoms with Crippen LogP contribution in [0.15, 0.2) is 24.5 Å². The number of carbonyl (C=O) groups is 1. The monoisotopic (exact) mass is 382 g/mol. The Hall–Kier alpha value is -2.76. The van der Waals surface area contributed by atoms with E-state index in [-0.39, 0.29) is 25.1 Å². The third-order valence-corrected chi connectivity index (χ3v) is 4.99. The summed E-state index contributed by atoms with van der Waals surface area (Å²) in [6.07, 6.45) is 4.14. The van der Waals surface area contributed by atoms with E-state index < -0.39 is 0 Å². The van der Waals surface area contributed by atoms with Gasteiger partial charge in [-0.05, 0) is 31.5 Å². The van der Waals surface area contributed by atoms with Gasteiger partial charge < -0.3 is 15.3 Å². The number of piperidine rings is 1. The SMILES string of the molecule is C[C@H]1C[C@@H](NC(=O)CN(C)CCO)CN(c2ccc(C#N)c3nccnc23)C1. The van der Waals surface area contributed by atoms with E-state index in [0.29, 0.717) is 35.6 Å². The van der Waals surface area contributed by atoms with Gasteiger partial charge in [-0.1, -0.05) is 6.92 Å². The maximum Gasteiger partial charge on any atom is 0.234 e. The number of aromatic nitrogens is 2. The van der Waals surface area contributed by atoms with E-state index in [1.54, 1.807) is 23.4 Å². The molecule has 1 amide bonds. The maximum atomic E-state index is 12.3. The fourth-order valence-electron chi connectivity index (χ4n) is 3.81. The Morgan fingerprint density at radius 3 is 2.82 bits per heavy atom. The van der Waals surface area contributed by atoms with Crippen LogP contribution in [0.2, 0.25) is 0 Å². The van der Waals surface area contributed by atoms with E-state index in [4.69, 9.17) is 5.11 Å². The van der Waals surface area contributed by atoms with Crippen LogP contribution in [0.3, 0.4) is 0 Å². The smallest absolute Gasteiger partial charge is 0.234 e. The van der Waals surface area contributed by atoms with Gasteiger partial charge in [-0.3, -0.25) is 19.7 Å². The third-order valence-electron chi connectivity index (χ3n) is 4.99. The van der Waals surface area contributed by atoms with Gasteiger partial charge in [-0.2, -0.15) is 5.26 Å². The second-order valence-corrected chi connectivity index (χ2v) is 7.47. The molecule has 2 aromatic rings. The molecule has 0 radical (unpaired) electrons. The van der Waals surface area contributed by atoms with Crippen molar-refractivity contribution in [2.75, 3.05) is 44.7 Å². The van der Waals surface area contributed by atoms with Crippen LogP contribution in [0.25, 0.3) is 11.0 Å². The van der Waals surface area contributed by atoms with Crippen molar-refractivity contribution in [2.45, 2.75) is 19.4 Å². The zero-order valence-corrected chi connectivity index (χ0v) is 16.3. The Morgan fingerprint density at radius 1 is 1.36 bits per heavy atom. The molecule has 3 rings (SSSR count). The topological polar surface area (TPSA) is 105 Å². The summed E-state index contributed by atoms with van der Waals surface area (Å²) >= 11 is 0. The molecular weight excluding hydrogens is 356 g/mol. The summed E-state index contributed by atoms with van der Waals surface area (Å²) in [5.74, 6) is 0.357. The molecular formula is C20H26N6O2. The van der Waals surface area contributed by atoms with E-state index in [9.17, 15) is 10.1 Å². The summed E-state index contributed by atoms with van der Waals surface area (Å²) in [5.41, 5.74) is 2.76. The molecule has 2 atom stereocenters. The lowest BCUT2D eigenvalue weighted by Crippen LogP contribution is -2.52. The molecule has 0 spiro atoms. The van der Waals surface area contributed by atoms with E-state index >= 15 is 0 Å². The van der Waals surface area contributed by atoms with Gasteiger partial charge >= 0.3 is 0 Å². The average Bonchev–Trinajstić information content (AvgIpc) is 2.66. The van der Waals surface area contributed by atoms with Crippen LogP contribution < -0.4 is 10.2 Å². The van der Waals surface area contributed by atoms with E-state index in [2.05, 4.69) is 33.2 Å². The Morgan fingerprint density at radius 2 is 2.11 bits per heavy atom. The van der Waals surface area contributed by atoms with Crippen molar-refractivity contribution in [1.29, 1.82) is 5.26 Å². The quantitative estimate of drug-likeness (QED) is 0.760. The number of hydrogen-bond donors (Lipinski definition) is 2. The Balaban J connectivity index is 1.78. The summed E-state index contributed by atoms with van der Waals surface area (Å²) in [6, 6.07) is 5.90. The minimum atomic E-state index is -0.0421. The molecule has 2 heterocycles. The molecule has 1 aromatic heterocycles. The molecule has 8 nitrogen and oxygen atoms in total. The number of anilines is 1. The first-order chi connectivity index (χ1) is 13.5. The predicted molar refractivity (Wildman–Crippen MR) is 107 cm³/mol. The van der Waals surface area contributed by atoms with E-state index in [0.717, 1.165) is 18.7 Å². The Kier molecular flexibility index (Phi) is 6.39. The van der Waals surface area contributed by atoms with Crippen LogP contribution in [0, 0.1) is 17.2 Å². The van der Waals surface area contributed by atoms with Crippen LogP contribution in [-0.2, 0) is 4.79 Å². The summed E-state index contributed by atoms with van der Waals surface area (Å²) in [7, 11) is 1.81. The number of nitrogens with one attached hydrogen (secondary N) is 1. The summed E-state index contributed by atoms with van der Waals surface area (Å²) in [5, 5.41) is 21.4. The molecule has 2 N–H and O–H groups in total. The van der Waals surface area contributed by atoms with E-state index in [1.165, 1.54) is 0 Å². The molecule has 0 bridgehead atoms. The van der Waals surface area contributed by atoms with Gasteiger partial charge in [0.1, 0.15) is 17.1 Å². The lowest BCUT2D eigenvalue weighted by Gasteiger charge is -2.38. The molecule has 0 saturated carbocycles. The molecule has 0 aliphatic carbocycles. The number of fused-ring (bicyclic) bond motifs is 1. The molecule has 1 aromatic carbocycles. The Bertz CT molecular complexity index is 881. The highest BCUT2D eigenvalue weighted by Crippen LogP contribution is 2.30. The number of carbonyl (C=O) groups excluding carboxylic acids is 1. The van der Waals surface area contributed by atoms with Crippen LogP contribution in [0.4, 0.5) is 5.69 Å². The highest BCUT2D eigenvalue weighted by Gasteiger charge is 2.27. The van der Waals surface area contributed by atoms with Crippen molar-refractivity contribution >= 4 is 22.6 Å². The van der Waals surface area contributed by atoms with Gasteiger partial charge in [0.15, 0.2) is 0 Å². The normalized spacial score (nSPS) is 19.6. The predicted octanol–water partition coefficient (Wildman–Crippen LogP) is 0.757. The minimum absolute atomic E-state index is 0.0288. The zero-order chi connectivity index (χ0) is 20.1. The molecule has 1 saturated heterocycles. The number of likely N-dealkylation sites (N-methyl/N-ethyl adjacent to an activating group) is 1. The van der Waals surface area contributed by atoms with Gasteiger partial charge in [0.2, 0.25) is 5.91 Å². The number of amides is 1. The molecule has 1 aliphatic rings. The average molecular weight is 382 g/mol. The molecule has 8 heteroatoms. The van der Waals surface area contributed by atoms with Crippen LogP contribution in [0.5, 0.6) is 0 Å². The van der Waals surface area contributed by atoms with Crippen LogP contribution in [0.1, 0.15) is 18.9 Å². The third kappa shape index (κ3) is 4.55. The van der Waals surface area contributed by atoms with Gasteiger partial charge in [-0.15, -0.1) is 0 Å². The molecule has 148 valence electrons. The number of rotatable bonds is 6. The van der Waals surface area contributed by atoms with Gasteiger partial charge in [0, 0.05) is 38.1 Å². The van der Waals surface area contributed by atoms with Gasteiger partial charge in [-0.25, -0.2) is 0 Å². The molecule has 0 unspecified atom stereocenters. The Labute approximate surface area is 164 Å². The van der Waals surface area contributed by atoms with Crippen molar-refractivity contribution < 1.29 is 9.90 Å². The second-order valence-electron chi connectivity index (χ2n) is 7.47. The van der Waals surface area contributed by atoms with Crippen molar-refractivity contribution in [1.82, 2.24) is 20.2 Å². The standard InChI is InChI=1S/C20H26N6O2/c1-14-9-16(24-18(28)13-25(2)7-8-27)12-26(11-14)17-4-3-15(10-21)19-20(17)23-6-5-22-19/h3-6,14,16,27H,7-9,11-13H2,1-2H3,(H,24,28)/t14-,16+/m0/s1. The zero-order valence-electron chi connectivity index (χ0n) is 16.3. The number of nitriles is 1. The first-order valence-corrected chi connectivity index (χ1v) is 9.49. The fraction of sp³-hybridized carbons (Fsp3) is 0.500. The molecule has 1 fully saturated rings. The summed E-state index contributed by atoms with van der Waals surface area (Å²) in [6.45, 7) is 4.46. The fourth-order valence-corrected chi connectivity index (χ4v) is 3.81. The van der Waals surface area contributed by atoms with Crippen molar-refractivity contribution in [3.05, 3.63) is 30.1 Å². The van der Waals surface area contributed by atoms with Crippen LogP contribution in [-0.4, -0.2) is 71.8 Å².